The van der Waals surface area contributed by atoms with Crippen LogP contribution in [0.2, 0.25) is 0 Å². The molecule has 0 fully saturated rings. The molecule has 2 heteroatoms. The van der Waals surface area contributed by atoms with E-state index >= 15 is 0 Å². The molecule has 1 heterocycles. The summed E-state index contributed by atoms with van der Waals surface area (Å²) in [5.41, 5.74) is 5.85. The van der Waals surface area contributed by atoms with Crippen LogP contribution >= 0.6 is 15.9 Å². The van der Waals surface area contributed by atoms with Crippen molar-refractivity contribution in [1.82, 2.24) is 0 Å². The average Bonchev–Trinajstić information content (AvgIpc) is 3.01. The fourth-order valence-electron chi connectivity index (χ4n) is 3.67. The summed E-state index contributed by atoms with van der Waals surface area (Å²) >= 11 is 3.97. The van der Waals surface area contributed by atoms with Gasteiger partial charge in [-0.15, -0.1) is 0 Å². The molecule has 0 aromatic heterocycles. The van der Waals surface area contributed by atoms with Crippen LogP contribution in [-0.4, -0.2) is 6.61 Å². The minimum absolute atomic E-state index is 0.369. The lowest BCUT2D eigenvalue weighted by Crippen LogP contribution is -2.17. The third kappa shape index (κ3) is 2.40. The molecule has 0 saturated heterocycles. The maximum absolute atomic E-state index is 5.79. The molecule has 0 amide bonds. The van der Waals surface area contributed by atoms with Crippen molar-refractivity contribution in [1.29, 1.82) is 0 Å². The largest absolute Gasteiger partial charge is 0.493 e. The molecule has 0 radical (unpaired) electrons. The van der Waals surface area contributed by atoms with E-state index in [9.17, 15) is 0 Å². The second kappa shape index (κ2) is 5.49. The number of ether oxygens (including phenoxy) is 1. The molecule has 0 saturated carbocycles. The Morgan fingerprint density at radius 1 is 1.05 bits per heavy atom. The zero-order chi connectivity index (χ0) is 14.2. The van der Waals surface area contributed by atoms with Gasteiger partial charge in [-0.05, 0) is 54.0 Å². The molecule has 0 bridgehead atoms. The van der Waals surface area contributed by atoms with Gasteiger partial charge in [0.2, 0.25) is 0 Å². The third-order valence-corrected chi connectivity index (χ3v) is 5.97. The normalized spacial score (nSPS) is 21.3. The molecular formula is C19H19BrO. The Hall–Kier alpha value is -1.28. The van der Waals surface area contributed by atoms with Gasteiger partial charge in [-0.1, -0.05) is 52.3 Å². The first-order valence-corrected chi connectivity index (χ1v) is 8.72. The summed E-state index contributed by atoms with van der Waals surface area (Å²) in [6.07, 6.45) is 4.88. The summed E-state index contributed by atoms with van der Waals surface area (Å²) in [6, 6.07) is 15.5. The van der Waals surface area contributed by atoms with E-state index in [0.29, 0.717) is 10.7 Å². The number of para-hydroxylation sites is 1. The van der Waals surface area contributed by atoms with Crippen LogP contribution in [0.25, 0.3) is 0 Å². The number of hydrogen-bond donors (Lipinski definition) is 0. The first-order chi connectivity index (χ1) is 10.3. The second-order valence-electron chi connectivity index (χ2n) is 6.06. The molecule has 0 N–H and O–H groups in total. The van der Waals surface area contributed by atoms with Gasteiger partial charge >= 0.3 is 0 Å². The fraction of sp³-hybridized carbons (Fsp3) is 0.368. The van der Waals surface area contributed by atoms with Gasteiger partial charge in [-0.3, -0.25) is 0 Å². The molecule has 108 valence electrons. The first kappa shape index (κ1) is 13.4. The van der Waals surface area contributed by atoms with Gasteiger partial charge in [0.25, 0.3) is 0 Å². The highest BCUT2D eigenvalue weighted by molar-refractivity contribution is 9.09. The zero-order valence-corrected chi connectivity index (χ0v) is 13.6. The highest BCUT2D eigenvalue weighted by Crippen LogP contribution is 2.46. The average molecular weight is 343 g/mol. The number of aryl methyl sites for hydroxylation is 2. The van der Waals surface area contributed by atoms with Crippen LogP contribution in [0.15, 0.2) is 42.5 Å². The summed E-state index contributed by atoms with van der Waals surface area (Å²) in [4.78, 5) is 0.369. The second-order valence-corrected chi connectivity index (χ2v) is 7.05. The van der Waals surface area contributed by atoms with Crippen molar-refractivity contribution in [3.05, 3.63) is 64.7 Å². The molecule has 2 aromatic rings. The van der Waals surface area contributed by atoms with Crippen LogP contribution < -0.4 is 4.74 Å². The van der Waals surface area contributed by atoms with Gasteiger partial charge in [0, 0.05) is 10.7 Å². The lowest BCUT2D eigenvalue weighted by Gasteiger charge is -2.30. The molecule has 2 aromatic carbocycles. The third-order valence-electron chi connectivity index (χ3n) is 4.80. The maximum Gasteiger partial charge on any atom is 0.122 e. The van der Waals surface area contributed by atoms with Crippen molar-refractivity contribution < 1.29 is 4.74 Å². The molecular weight excluding hydrogens is 324 g/mol. The summed E-state index contributed by atoms with van der Waals surface area (Å²) in [7, 11) is 0. The van der Waals surface area contributed by atoms with Crippen LogP contribution in [0, 0.1) is 0 Å². The summed E-state index contributed by atoms with van der Waals surface area (Å²) < 4.78 is 5.79. The predicted octanol–water partition coefficient (Wildman–Crippen LogP) is 5.18. The van der Waals surface area contributed by atoms with E-state index in [4.69, 9.17) is 4.74 Å². The summed E-state index contributed by atoms with van der Waals surface area (Å²) in [5.74, 6) is 1.55. The topological polar surface area (TPSA) is 9.23 Å². The minimum Gasteiger partial charge on any atom is -0.493 e. The lowest BCUT2D eigenvalue weighted by molar-refractivity contribution is 0.266. The standard InChI is InChI=1S/C19H19BrO/c20-19(15-9-8-13-4-3-5-14(13)12-15)17-10-11-21-18-7-2-1-6-16(17)18/h1-2,6-9,12,17,19H,3-5,10-11H2. The van der Waals surface area contributed by atoms with Crippen LogP contribution in [0.1, 0.15) is 45.8 Å². The van der Waals surface area contributed by atoms with Crippen LogP contribution in [0.4, 0.5) is 0 Å². The quantitative estimate of drug-likeness (QED) is 0.683. The Morgan fingerprint density at radius 2 is 1.90 bits per heavy atom. The number of benzene rings is 2. The molecule has 1 nitrogen and oxygen atoms in total. The van der Waals surface area contributed by atoms with Crippen LogP contribution in [0.3, 0.4) is 0 Å². The van der Waals surface area contributed by atoms with E-state index in [2.05, 4.69) is 58.4 Å². The summed E-state index contributed by atoms with van der Waals surface area (Å²) in [5, 5.41) is 0. The Kier molecular flexibility index (Phi) is 3.50. The van der Waals surface area contributed by atoms with E-state index < -0.39 is 0 Å². The number of hydrogen-bond acceptors (Lipinski definition) is 1. The van der Waals surface area contributed by atoms with Gasteiger partial charge in [-0.2, -0.15) is 0 Å². The van der Waals surface area contributed by atoms with Crippen LogP contribution in [0.5, 0.6) is 5.75 Å². The number of alkyl halides is 1. The monoisotopic (exact) mass is 342 g/mol. The molecule has 1 aliphatic heterocycles. The number of rotatable bonds is 2. The van der Waals surface area contributed by atoms with Gasteiger partial charge in [0.05, 0.1) is 6.61 Å². The van der Waals surface area contributed by atoms with Gasteiger partial charge in [0.15, 0.2) is 0 Å². The van der Waals surface area contributed by atoms with Crippen molar-refractivity contribution >= 4 is 15.9 Å². The molecule has 2 atom stereocenters. The van der Waals surface area contributed by atoms with Crippen molar-refractivity contribution in [2.24, 2.45) is 0 Å². The SMILES string of the molecule is BrC(c1ccc2c(c1)CCC2)C1CCOc2ccccc21. The number of fused-ring (bicyclic) bond motifs is 2. The lowest BCUT2D eigenvalue weighted by atomic mass is 9.86. The van der Waals surface area contributed by atoms with Crippen molar-refractivity contribution in [2.45, 2.75) is 36.4 Å². The highest BCUT2D eigenvalue weighted by Gasteiger charge is 2.28. The molecule has 21 heavy (non-hydrogen) atoms. The van der Waals surface area contributed by atoms with Gasteiger partial charge < -0.3 is 4.74 Å². The van der Waals surface area contributed by atoms with E-state index in [1.165, 1.54) is 30.4 Å². The van der Waals surface area contributed by atoms with E-state index in [1.54, 1.807) is 11.1 Å². The molecule has 2 unspecified atom stereocenters. The molecule has 2 aliphatic rings. The minimum atomic E-state index is 0.369. The first-order valence-electron chi connectivity index (χ1n) is 7.80. The van der Waals surface area contributed by atoms with Gasteiger partial charge in [0.1, 0.15) is 5.75 Å². The molecule has 1 aliphatic carbocycles. The smallest absolute Gasteiger partial charge is 0.122 e. The van der Waals surface area contributed by atoms with Crippen molar-refractivity contribution in [3.63, 3.8) is 0 Å². The molecule has 4 rings (SSSR count). The highest BCUT2D eigenvalue weighted by atomic mass is 79.9. The van der Waals surface area contributed by atoms with Crippen molar-refractivity contribution in [2.75, 3.05) is 6.61 Å². The predicted molar refractivity (Wildman–Crippen MR) is 89.4 cm³/mol. The summed E-state index contributed by atoms with van der Waals surface area (Å²) in [6.45, 7) is 0.814. The van der Waals surface area contributed by atoms with Gasteiger partial charge in [-0.25, -0.2) is 0 Å². The maximum atomic E-state index is 5.79. The Bertz CT molecular complexity index is 664. The van der Waals surface area contributed by atoms with E-state index in [1.807, 2.05) is 0 Å². The Balaban J connectivity index is 1.68. The van der Waals surface area contributed by atoms with E-state index in [0.717, 1.165) is 18.8 Å². The Labute approximate surface area is 134 Å². The Morgan fingerprint density at radius 3 is 2.86 bits per heavy atom. The molecule has 0 spiro atoms. The number of halogens is 1. The van der Waals surface area contributed by atoms with E-state index in [-0.39, 0.29) is 0 Å². The zero-order valence-electron chi connectivity index (χ0n) is 12.0. The van der Waals surface area contributed by atoms with Crippen LogP contribution in [-0.2, 0) is 12.8 Å². The van der Waals surface area contributed by atoms with Crippen molar-refractivity contribution in [3.8, 4) is 5.75 Å². The fourth-order valence-corrected chi connectivity index (χ4v) is 4.50.